The van der Waals surface area contributed by atoms with Gasteiger partial charge in [-0.25, -0.2) is 0 Å². The van der Waals surface area contributed by atoms with E-state index in [0.717, 1.165) is 55.6 Å². The first-order chi connectivity index (χ1) is 26.6. The Morgan fingerprint density at radius 1 is 0.685 bits per heavy atom. The molecule has 4 heteroatoms. The summed E-state index contributed by atoms with van der Waals surface area (Å²) in [6.45, 7) is 12.6. The van der Waals surface area contributed by atoms with Crippen molar-refractivity contribution in [2.75, 3.05) is 0 Å². The van der Waals surface area contributed by atoms with E-state index in [1.54, 1.807) is 6.08 Å². The fourth-order valence-electron chi connectivity index (χ4n) is 9.54. The van der Waals surface area contributed by atoms with Crippen LogP contribution in [0.15, 0.2) is 180 Å². The molecule has 0 bridgehead atoms. The summed E-state index contributed by atoms with van der Waals surface area (Å²) < 4.78 is 6.91. The molecule has 10 rings (SSSR count). The number of benzene rings is 6. The highest BCUT2D eigenvalue weighted by Crippen LogP contribution is 2.61. The van der Waals surface area contributed by atoms with Crippen molar-refractivity contribution in [2.45, 2.75) is 23.9 Å². The maximum absolute atomic E-state index is 9.69. The number of aliphatic imine (C=N–C) groups is 2. The number of hydrogen-bond donors (Lipinski definition) is 0. The van der Waals surface area contributed by atoms with E-state index in [4.69, 9.17) is 14.4 Å². The predicted molar refractivity (Wildman–Crippen MR) is 221 cm³/mol. The number of nitrogens with zero attached hydrogens (tertiary/aromatic N) is 3. The fourth-order valence-corrected chi connectivity index (χ4v) is 9.54. The van der Waals surface area contributed by atoms with Gasteiger partial charge in [-0.3, -0.25) is 9.98 Å². The number of fused-ring (bicyclic) bond motifs is 9. The standard InChI is InChI=1S/C50H35N3O/c1-4-41-48-47(38-23-20-30(29-51)26-40(38)42(5-2)52-48)50(41)28-34-22-25-39-37-24-21-33(27-44(37)54-49(39)46(34)43(6-3)53-50)45-35(31-14-9-7-10-15-31)18-13-19-36(45)32-16-11-8-12-17-32/h4-27,41,47-48H,1-3,28H2. The zero-order chi connectivity index (χ0) is 36.6. The van der Waals surface area contributed by atoms with Crippen molar-refractivity contribution in [2.24, 2.45) is 15.9 Å². The predicted octanol–water partition coefficient (Wildman–Crippen LogP) is 11.7. The highest BCUT2D eigenvalue weighted by molar-refractivity contribution is 6.21. The van der Waals surface area contributed by atoms with Crippen molar-refractivity contribution < 1.29 is 4.42 Å². The topological polar surface area (TPSA) is 61.6 Å². The molecule has 1 fully saturated rings. The Balaban J connectivity index is 1.13. The van der Waals surface area contributed by atoms with Crippen LogP contribution in [0.4, 0.5) is 0 Å². The summed E-state index contributed by atoms with van der Waals surface area (Å²) in [6.07, 6.45) is 6.39. The molecule has 1 saturated carbocycles. The van der Waals surface area contributed by atoms with Gasteiger partial charge in [0, 0.05) is 33.7 Å². The number of furan rings is 1. The lowest BCUT2D eigenvalue weighted by Crippen LogP contribution is -2.65. The number of allylic oxidation sites excluding steroid dienone is 2. The highest BCUT2D eigenvalue weighted by atomic mass is 16.3. The van der Waals surface area contributed by atoms with Gasteiger partial charge in [0.1, 0.15) is 11.2 Å². The van der Waals surface area contributed by atoms with Crippen LogP contribution in [-0.2, 0) is 6.42 Å². The minimum atomic E-state index is -0.496. The minimum Gasteiger partial charge on any atom is -0.455 e. The second kappa shape index (κ2) is 12.1. The number of hydrogen-bond acceptors (Lipinski definition) is 4. The third-order valence-electron chi connectivity index (χ3n) is 11.9. The quantitative estimate of drug-likeness (QED) is 0.163. The van der Waals surface area contributed by atoms with Gasteiger partial charge < -0.3 is 4.42 Å². The van der Waals surface area contributed by atoms with Gasteiger partial charge in [0.2, 0.25) is 0 Å². The van der Waals surface area contributed by atoms with Crippen molar-refractivity contribution in [1.82, 2.24) is 0 Å². The monoisotopic (exact) mass is 693 g/mol. The van der Waals surface area contributed by atoms with Crippen LogP contribution in [-0.4, -0.2) is 23.0 Å². The lowest BCUT2D eigenvalue weighted by atomic mass is 9.49. The molecular weight excluding hydrogens is 659 g/mol. The zero-order valence-corrected chi connectivity index (χ0v) is 29.7. The van der Waals surface area contributed by atoms with Gasteiger partial charge in [0.25, 0.3) is 0 Å². The van der Waals surface area contributed by atoms with Crippen molar-refractivity contribution >= 4 is 33.4 Å². The van der Waals surface area contributed by atoms with Crippen molar-refractivity contribution in [3.05, 3.63) is 193 Å². The molecule has 256 valence electrons. The summed E-state index contributed by atoms with van der Waals surface area (Å²) in [6, 6.07) is 47.0. The molecule has 0 saturated heterocycles. The van der Waals surface area contributed by atoms with Crippen molar-refractivity contribution in [3.8, 4) is 39.4 Å². The second-order valence-corrected chi connectivity index (χ2v) is 14.5. The summed E-state index contributed by atoms with van der Waals surface area (Å²) in [5.74, 6) is 0.0363. The first kappa shape index (κ1) is 31.9. The van der Waals surface area contributed by atoms with Crippen LogP contribution >= 0.6 is 0 Å². The first-order valence-corrected chi connectivity index (χ1v) is 18.4. The van der Waals surface area contributed by atoms with Crippen LogP contribution in [0.1, 0.15) is 33.7 Å². The molecule has 3 heterocycles. The molecule has 0 radical (unpaired) electrons. The maximum Gasteiger partial charge on any atom is 0.145 e. The molecule has 2 aliphatic heterocycles. The Labute approximate surface area is 314 Å². The Morgan fingerprint density at radius 3 is 2.06 bits per heavy atom. The van der Waals surface area contributed by atoms with Crippen LogP contribution in [0.5, 0.6) is 0 Å². The lowest BCUT2D eigenvalue weighted by molar-refractivity contribution is 0.0916. The summed E-state index contributed by atoms with van der Waals surface area (Å²) in [4.78, 5) is 10.8. The van der Waals surface area contributed by atoms with Crippen LogP contribution in [0, 0.1) is 17.2 Å². The molecule has 1 spiro atoms. The smallest absolute Gasteiger partial charge is 0.145 e. The molecule has 4 atom stereocenters. The van der Waals surface area contributed by atoms with E-state index in [9.17, 15) is 5.26 Å². The Hall–Kier alpha value is -6.83. The molecule has 3 aliphatic rings. The van der Waals surface area contributed by atoms with E-state index < -0.39 is 5.54 Å². The Morgan fingerprint density at radius 2 is 1.39 bits per heavy atom. The van der Waals surface area contributed by atoms with E-state index in [0.29, 0.717) is 12.0 Å². The largest absolute Gasteiger partial charge is 0.455 e. The average Bonchev–Trinajstić information content (AvgIpc) is 3.61. The van der Waals surface area contributed by atoms with Crippen LogP contribution < -0.4 is 0 Å². The highest BCUT2D eigenvalue weighted by Gasteiger charge is 2.64. The SMILES string of the molecule is C=CC1=NC2C(C=C)C3(Cc4ccc5c(oc6cc(-c7c(-c8ccccc8)cccc7-c7ccccc7)ccc65)c4C(C=C)=N3)C2c2ccc(C#N)cc21. The molecule has 54 heavy (non-hydrogen) atoms. The molecule has 1 aliphatic carbocycles. The second-order valence-electron chi connectivity index (χ2n) is 14.5. The summed E-state index contributed by atoms with van der Waals surface area (Å²) in [5, 5.41) is 11.8. The van der Waals surface area contributed by atoms with Crippen molar-refractivity contribution in [3.63, 3.8) is 0 Å². The average molecular weight is 694 g/mol. The Bertz CT molecular complexity index is 2780. The number of rotatable bonds is 6. The first-order valence-electron chi connectivity index (χ1n) is 18.4. The molecule has 7 aromatic rings. The number of nitriles is 1. The van der Waals surface area contributed by atoms with Gasteiger partial charge in [0.05, 0.1) is 34.6 Å². The van der Waals surface area contributed by atoms with Crippen LogP contribution in [0.2, 0.25) is 0 Å². The normalized spacial score (nSPS) is 20.8. The molecule has 0 amide bonds. The molecule has 4 unspecified atom stereocenters. The van der Waals surface area contributed by atoms with Gasteiger partial charge >= 0.3 is 0 Å². The van der Waals surface area contributed by atoms with Gasteiger partial charge in [-0.1, -0.05) is 122 Å². The van der Waals surface area contributed by atoms with Crippen LogP contribution in [0.25, 0.3) is 55.3 Å². The van der Waals surface area contributed by atoms with Crippen LogP contribution in [0.3, 0.4) is 0 Å². The van der Waals surface area contributed by atoms with E-state index in [1.165, 1.54) is 33.4 Å². The van der Waals surface area contributed by atoms with E-state index in [2.05, 4.69) is 141 Å². The van der Waals surface area contributed by atoms with Gasteiger partial charge in [-0.05, 0) is 87.3 Å². The molecular formula is C50H35N3O. The third kappa shape index (κ3) is 4.49. The maximum atomic E-state index is 9.69. The minimum absolute atomic E-state index is 0.0137. The van der Waals surface area contributed by atoms with Gasteiger partial charge in [-0.15, -0.1) is 6.58 Å². The van der Waals surface area contributed by atoms with E-state index in [1.807, 2.05) is 24.3 Å². The summed E-state index contributed by atoms with van der Waals surface area (Å²) in [7, 11) is 0. The Kier molecular flexibility index (Phi) is 7.15. The molecule has 4 nitrogen and oxygen atoms in total. The lowest BCUT2D eigenvalue weighted by Gasteiger charge is -2.60. The van der Waals surface area contributed by atoms with E-state index >= 15 is 0 Å². The summed E-state index contributed by atoms with van der Waals surface area (Å²) >= 11 is 0. The molecule has 0 N–H and O–H groups in total. The van der Waals surface area contributed by atoms with Gasteiger partial charge in [0.15, 0.2) is 0 Å². The summed E-state index contributed by atoms with van der Waals surface area (Å²) in [5.41, 5.74) is 14.6. The van der Waals surface area contributed by atoms with Gasteiger partial charge in [-0.2, -0.15) is 5.26 Å². The third-order valence-corrected chi connectivity index (χ3v) is 11.9. The molecule has 1 aromatic heterocycles. The zero-order valence-electron chi connectivity index (χ0n) is 29.7. The van der Waals surface area contributed by atoms with E-state index in [-0.39, 0.29) is 17.9 Å². The van der Waals surface area contributed by atoms with Crippen molar-refractivity contribution in [1.29, 1.82) is 5.26 Å². The molecule has 6 aromatic carbocycles. The fraction of sp³-hybridized carbons (Fsp3) is 0.100.